The number of halogens is 3. The Bertz CT molecular complexity index is 874. The highest BCUT2D eigenvalue weighted by Gasteiger charge is 2.50. The number of aromatic hydroxyl groups is 2. The third kappa shape index (κ3) is 6.72. The lowest BCUT2D eigenvalue weighted by atomic mass is 10.1. The SMILES string of the molecule is CC1(C)C(=O)N(Br)C(=O)N1Br.Cc1cc(C)cc(O)c1.Cc1cc(O)cc(C)c1Br. The van der Waals surface area contributed by atoms with E-state index in [9.17, 15) is 9.59 Å². The van der Waals surface area contributed by atoms with E-state index in [1.165, 1.54) is 3.93 Å². The van der Waals surface area contributed by atoms with Gasteiger partial charge in [0.2, 0.25) is 0 Å². The molecule has 3 amide bonds. The van der Waals surface area contributed by atoms with Gasteiger partial charge in [0.05, 0.1) is 32.3 Å². The fourth-order valence-corrected chi connectivity index (χ4v) is 3.95. The summed E-state index contributed by atoms with van der Waals surface area (Å²) in [7, 11) is 0. The van der Waals surface area contributed by atoms with Crippen molar-refractivity contribution in [3.05, 3.63) is 57.1 Å². The maximum atomic E-state index is 11.2. The first-order valence-corrected chi connectivity index (χ1v) is 11.1. The van der Waals surface area contributed by atoms with Crippen molar-refractivity contribution in [3.8, 4) is 11.5 Å². The maximum Gasteiger partial charge on any atom is 0.348 e. The first-order chi connectivity index (χ1) is 13.7. The van der Waals surface area contributed by atoms with Crippen LogP contribution in [0.5, 0.6) is 11.5 Å². The van der Waals surface area contributed by atoms with E-state index in [0.717, 1.165) is 30.7 Å². The number of amides is 3. The highest BCUT2D eigenvalue weighted by molar-refractivity contribution is 9.10. The van der Waals surface area contributed by atoms with Crippen LogP contribution in [0.2, 0.25) is 0 Å². The maximum absolute atomic E-state index is 11.2. The molecular formula is C21H25Br3N2O4. The van der Waals surface area contributed by atoms with Crippen LogP contribution in [-0.4, -0.2) is 35.5 Å². The predicted octanol–water partition coefficient (Wildman–Crippen LogP) is 6.43. The molecular weight excluding hydrogens is 584 g/mol. The molecule has 30 heavy (non-hydrogen) atoms. The van der Waals surface area contributed by atoms with Gasteiger partial charge in [0, 0.05) is 4.47 Å². The quantitative estimate of drug-likeness (QED) is 0.267. The van der Waals surface area contributed by atoms with E-state index < -0.39 is 11.6 Å². The highest BCUT2D eigenvalue weighted by atomic mass is 79.9. The van der Waals surface area contributed by atoms with E-state index in [0.29, 0.717) is 11.5 Å². The molecule has 2 aromatic rings. The van der Waals surface area contributed by atoms with Crippen molar-refractivity contribution in [2.24, 2.45) is 0 Å². The summed E-state index contributed by atoms with van der Waals surface area (Å²) < 4.78 is 3.18. The summed E-state index contributed by atoms with van der Waals surface area (Å²) in [5, 5.41) is 18.1. The standard InChI is InChI=1S/C8H9BrO.C8H10O.C5H6Br2N2O2/c1-5-3-7(10)4-6(2)8(5)9;1-6-3-7(2)5-8(9)4-6;1-5(2)3(10)8(6)4(11)9(5)7/h3-4,10H,1-2H3;3-5,9H,1-2H3;1-2H3. The van der Waals surface area contributed by atoms with E-state index in [1.54, 1.807) is 38.1 Å². The van der Waals surface area contributed by atoms with E-state index in [-0.39, 0.29) is 5.91 Å². The normalized spacial score (nSPS) is 14.7. The third-order valence-electron chi connectivity index (χ3n) is 4.16. The van der Waals surface area contributed by atoms with Gasteiger partial charge in [-0.3, -0.25) is 4.79 Å². The molecule has 2 aromatic carbocycles. The van der Waals surface area contributed by atoms with Gasteiger partial charge in [-0.25, -0.2) is 8.72 Å². The molecule has 1 saturated heterocycles. The van der Waals surface area contributed by atoms with Gasteiger partial charge in [-0.15, -0.1) is 0 Å². The van der Waals surface area contributed by atoms with Crippen molar-refractivity contribution < 1.29 is 19.8 Å². The Morgan fingerprint density at radius 2 is 1.20 bits per heavy atom. The molecule has 9 heteroatoms. The lowest BCUT2D eigenvalue weighted by molar-refractivity contribution is -0.127. The Balaban J connectivity index is 0.000000226. The molecule has 0 spiro atoms. The zero-order chi connectivity index (χ0) is 23.4. The minimum absolute atomic E-state index is 0.278. The fraction of sp³-hybridized carbons (Fsp3) is 0.333. The number of benzene rings is 2. The molecule has 164 valence electrons. The molecule has 2 N–H and O–H groups in total. The van der Waals surface area contributed by atoms with E-state index in [1.807, 2.05) is 33.8 Å². The van der Waals surface area contributed by atoms with Gasteiger partial charge < -0.3 is 10.2 Å². The largest absolute Gasteiger partial charge is 0.508 e. The number of nitrogens with zero attached hydrogens (tertiary/aromatic N) is 2. The van der Waals surface area contributed by atoms with Crippen molar-refractivity contribution >= 4 is 60.2 Å². The number of aryl methyl sites for hydroxylation is 4. The Labute approximate surface area is 202 Å². The first kappa shape index (κ1) is 26.5. The average molecular weight is 609 g/mol. The lowest BCUT2D eigenvalue weighted by Crippen LogP contribution is -2.37. The number of rotatable bonds is 0. The van der Waals surface area contributed by atoms with Crippen molar-refractivity contribution in [1.82, 2.24) is 7.85 Å². The van der Waals surface area contributed by atoms with Crippen molar-refractivity contribution in [2.75, 3.05) is 0 Å². The predicted molar refractivity (Wildman–Crippen MR) is 129 cm³/mol. The van der Waals surface area contributed by atoms with Crippen molar-refractivity contribution in [3.63, 3.8) is 0 Å². The smallest absolute Gasteiger partial charge is 0.348 e. The fourth-order valence-electron chi connectivity index (χ4n) is 2.60. The number of phenolic OH excluding ortho intramolecular Hbond substituents is 2. The van der Waals surface area contributed by atoms with Crippen LogP contribution in [0.15, 0.2) is 34.8 Å². The Morgan fingerprint density at radius 3 is 1.47 bits per heavy atom. The molecule has 0 aliphatic carbocycles. The van der Waals surface area contributed by atoms with Crippen LogP contribution in [0.1, 0.15) is 36.1 Å². The molecule has 1 aliphatic rings. The number of carbonyl (C=O) groups excluding carboxylic acids is 2. The Kier molecular flexibility index (Phi) is 9.38. The molecule has 3 rings (SSSR count). The zero-order valence-corrected chi connectivity index (χ0v) is 22.4. The zero-order valence-electron chi connectivity index (χ0n) is 17.6. The summed E-state index contributed by atoms with van der Waals surface area (Å²) in [5.74, 6) is 0.407. The number of carbonyl (C=O) groups is 2. The van der Waals surface area contributed by atoms with Crippen LogP contribution in [-0.2, 0) is 4.79 Å². The summed E-state index contributed by atoms with van der Waals surface area (Å²) in [5.41, 5.74) is 3.54. The summed E-state index contributed by atoms with van der Waals surface area (Å²) in [6.45, 7) is 11.2. The minimum atomic E-state index is -0.805. The van der Waals surface area contributed by atoms with Crippen molar-refractivity contribution in [1.29, 1.82) is 0 Å². The highest BCUT2D eigenvalue weighted by Crippen LogP contribution is 2.32. The molecule has 0 radical (unpaired) electrons. The van der Waals surface area contributed by atoms with Gasteiger partial charge in [0.15, 0.2) is 0 Å². The minimum Gasteiger partial charge on any atom is -0.508 e. The van der Waals surface area contributed by atoms with Crippen LogP contribution < -0.4 is 0 Å². The van der Waals surface area contributed by atoms with E-state index in [4.69, 9.17) is 10.2 Å². The lowest BCUT2D eigenvalue weighted by Gasteiger charge is -2.19. The monoisotopic (exact) mass is 606 g/mol. The third-order valence-corrected chi connectivity index (χ3v) is 7.22. The summed E-state index contributed by atoms with van der Waals surface area (Å²) >= 11 is 9.25. The Morgan fingerprint density at radius 1 is 0.800 bits per heavy atom. The van der Waals surface area contributed by atoms with Gasteiger partial charge in [-0.05, 0) is 88.1 Å². The van der Waals surface area contributed by atoms with E-state index >= 15 is 0 Å². The molecule has 0 bridgehead atoms. The molecule has 6 nitrogen and oxygen atoms in total. The molecule has 0 atom stereocenters. The van der Waals surface area contributed by atoms with Crippen LogP contribution in [0, 0.1) is 27.7 Å². The summed E-state index contributed by atoms with van der Waals surface area (Å²) in [6.07, 6.45) is 0. The molecule has 1 heterocycles. The number of urea groups is 1. The molecule has 1 aliphatic heterocycles. The van der Waals surface area contributed by atoms with Crippen LogP contribution in [0.3, 0.4) is 0 Å². The van der Waals surface area contributed by atoms with Gasteiger partial charge in [0.1, 0.15) is 17.0 Å². The first-order valence-electron chi connectivity index (χ1n) is 8.91. The van der Waals surface area contributed by atoms with Crippen LogP contribution >= 0.6 is 48.2 Å². The molecule has 0 aromatic heterocycles. The molecule has 0 saturated carbocycles. The topological polar surface area (TPSA) is 81.1 Å². The van der Waals surface area contributed by atoms with Crippen LogP contribution in [0.25, 0.3) is 0 Å². The van der Waals surface area contributed by atoms with Gasteiger partial charge >= 0.3 is 6.03 Å². The second kappa shape index (κ2) is 10.6. The molecule has 1 fully saturated rings. The van der Waals surface area contributed by atoms with Gasteiger partial charge in [-0.1, -0.05) is 22.0 Å². The number of hydrogen-bond donors (Lipinski definition) is 2. The number of hydrogen-bond acceptors (Lipinski definition) is 4. The number of phenols is 2. The summed E-state index contributed by atoms with van der Waals surface area (Å²) in [6, 6.07) is 8.58. The second-order valence-electron chi connectivity index (χ2n) is 7.45. The summed E-state index contributed by atoms with van der Waals surface area (Å²) in [4.78, 5) is 22.3. The van der Waals surface area contributed by atoms with Crippen molar-refractivity contribution in [2.45, 2.75) is 47.1 Å². The van der Waals surface area contributed by atoms with Gasteiger partial charge in [0.25, 0.3) is 5.91 Å². The average Bonchev–Trinajstić information content (AvgIpc) is 2.74. The second-order valence-corrected chi connectivity index (χ2v) is 9.66. The van der Waals surface area contributed by atoms with Gasteiger partial charge in [-0.2, -0.15) is 3.93 Å². The van der Waals surface area contributed by atoms with Crippen LogP contribution in [0.4, 0.5) is 4.79 Å². The molecule has 0 unspecified atom stereocenters. The number of imide groups is 1. The Hall–Kier alpha value is -1.58. The van der Waals surface area contributed by atoms with E-state index in [2.05, 4.69) is 48.2 Å².